The van der Waals surface area contributed by atoms with Crippen molar-refractivity contribution in [2.24, 2.45) is 0 Å². The number of hydrogen-bond donors (Lipinski definition) is 0. The molecule has 0 bridgehead atoms. The average molecular weight is 530 g/mol. The van der Waals surface area contributed by atoms with Crippen LogP contribution in [-0.4, -0.2) is 38.2 Å². The second kappa shape index (κ2) is 11.2. The lowest BCUT2D eigenvalue weighted by molar-refractivity contribution is -0.284. The van der Waals surface area contributed by atoms with Crippen LogP contribution in [0.15, 0.2) is 91.0 Å². The topological polar surface area (TPSA) is 34.1 Å². The van der Waals surface area contributed by atoms with Gasteiger partial charge in [0.15, 0.2) is 0 Å². The van der Waals surface area contributed by atoms with Gasteiger partial charge in [-0.25, -0.2) is 8.42 Å². The first-order valence-corrected chi connectivity index (χ1v) is 15.0. The van der Waals surface area contributed by atoms with Crippen molar-refractivity contribution < 1.29 is 30.4 Å². The van der Waals surface area contributed by atoms with Gasteiger partial charge in [-0.3, -0.25) is 0 Å². The number of sulfone groups is 1. The Morgan fingerprint density at radius 1 is 0.600 bits per heavy atom. The molecule has 0 aromatic heterocycles. The Balaban J connectivity index is 1.83. The maximum atomic E-state index is 13.2. The van der Waals surface area contributed by atoms with Crippen LogP contribution in [0.1, 0.15) is 19.3 Å². The van der Waals surface area contributed by atoms with Crippen molar-refractivity contribution in [3.05, 3.63) is 91.0 Å². The van der Waals surface area contributed by atoms with Crippen LogP contribution in [-0.2, 0) is 9.84 Å². The molecule has 35 heavy (non-hydrogen) atoms. The highest BCUT2D eigenvalue weighted by molar-refractivity contribution is 7.95. The van der Waals surface area contributed by atoms with Gasteiger partial charge in [-0.15, -0.1) is 0 Å². The Hall–Kier alpha value is -2.31. The number of alkyl halides is 5. The average Bonchev–Trinajstić information content (AvgIpc) is 2.83. The largest absolute Gasteiger partial charge is 0.453 e. The second-order valence-corrected chi connectivity index (χ2v) is 14.3. The van der Waals surface area contributed by atoms with E-state index in [-0.39, 0.29) is 12.2 Å². The van der Waals surface area contributed by atoms with E-state index < -0.39 is 47.8 Å². The predicted molar refractivity (Wildman–Crippen MR) is 134 cm³/mol. The Morgan fingerprint density at radius 2 is 0.971 bits per heavy atom. The highest BCUT2D eigenvalue weighted by atomic mass is 32.2. The number of halogens is 5. The van der Waals surface area contributed by atoms with Crippen LogP contribution in [0, 0.1) is 0 Å². The van der Waals surface area contributed by atoms with E-state index in [0.29, 0.717) is 6.16 Å². The van der Waals surface area contributed by atoms with Crippen LogP contribution in [0.25, 0.3) is 0 Å². The van der Waals surface area contributed by atoms with Gasteiger partial charge < -0.3 is 0 Å². The lowest BCUT2D eigenvalue weighted by Crippen LogP contribution is -2.36. The molecule has 0 amide bonds. The van der Waals surface area contributed by atoms with E-state index in [4.69, 9.17) is 0 Å². The van der Waals surface area contributed by atoms with Crippen molar-refractivity contribution in [3.8, 4) is 0 Å². The van der Waals surface area contributed by atoms with Crippen molar-refractivity contribution in [1.82, 2.24) is 0 Å². The quantitative estimate of drug-likeness (QED) is 0.234. The fourth-order valence-electron chi connectivity index (χ4n) is 4.16. The minimum Gasteiger partial charge on any atom is -0.229 e. The van der Waals surface area contributed by atoms with Crippen molar-refractivity contribution in [3.63, 3.8) is 0 Å². The Bertz CT molecular complexity index is 1070. The molecule has 0 unspecified atom stereocenters. The molecule has 0 fully saturated rings. The van der Waals surface area contributed by atoms with E-state index in [9.17, 15) is 30.4 Å². The van der Waals surface area contributed by atoms with Gasteiger partial charge in [0.25, 0.3) is 0 Å². The molecule has 0 aliphatic rings. The Labute approximate surface area is 203 Å². The van der Waals surface area contributed by atoms with Crippen LogP contribution >= 0.6 is 7.26 Å². The molecule has 0 aliphatic carbocycles. The molecule has 3 aromatic rings. The Kier molecular flexibility index (Phi) is 8.71. The van der Waals surface area contributed by atoms with Gasteiger partial charge in [-0.2, -0.15) is 22.0 Å². The summed E-state index contributed by atoms with van der Waals surface area (Å²) >= 11 is 0. The monoisotopic (exact) mass is 529 g/mol. The van der Waals surface area contributed by atoms with Crippen LogP contribution in [0.4, 0.5) is 22.0 Å². The van der Waals surface area contributed by atoms with Crippen molar-refractivity contribution in [2.75, 3.05) is 17.7 Å². The first-order chi connectivity index (χ1) is 16.5. The van der Waals surface area contributed by atoms with Gasteiger partial charge in [0.2, 0.25) is 0 Å². The van der Waals surface area contributed by atoms with Gasteiger partial charge >= 0.3 is 12.1 Å². The van der Waals surface area contributed by atoms with Crippen molar-refractivity contribution in [1.29, 1.82) is 0 Å². The minimum atomic E-state index is -5.68. The van der Waals surface area contributed by atoms with E-state index in [1.165, 1.54) is 0 Å². The number of hydrogen-bond acceptors (Lipinski definition) is 2. The second-order valence-electron chi connectivity index (χ2n) is 8.35. The third kappa shape index (κ3) is 6.68. The molecule has 0 heterocycles. The van der Waals surface area contributed by atoms with E-state index in [1.807, 2.05) is 91.0 Å². The molecule has 0 atom stereocenters. The molecule has 2 nitrogen and oxygen atoms in total. The van der Waals surface area contributed by atoms with Crippen molar-refractivity contribution >= 4 is 33.0 Å². The molecule has 0 N–H and O–H groups in total. The molecule has 3 rings (SSSR count). The molecular formula is C26H27F5O2PS+. The highest BCUT2D eigenvalue weighted by Gasteiger charge is 2.56. The van der Waals surface area contributed by atoms with Crippen LogP contribution in [0.5, 0.6) is 0 Å². The molecule has 188 valence electrons. The highest BCUT2D eigenvalue weighted by Crippen LogP contribution is 2.55. The molecule has 9 heteroatoms. The summed E-state index contributed by atoms with van der Waals surface area (Å²) < 4.78 is 88.5. The van der Waals surface area contributed by atoms with Crippen LogP contribution in [0.2, 0.25) is 0 Å². The van der Waals surface area contributed by atoms with Gasteiger partial charge in [0, 0.05) is 6.42 Å². The minimum absolute atomic E-state index is 0.254. The molecule has 0 radical (unpaired) electrons. The summed E-state index contributed by atoms with van der Waals surface area (Å²) in [5, 5.41) is 3.25. The predicted octanol–water partition coefficient (Wildman–Crippen LogP) is 5.76. The lowest BCUT2D eigenvalue weighted by Gasteiger charge is -2.27. The summed E-state index contributed by atoms with van der Waals surface area (Å²) in [6.07, 6.45) is -7.19. The SMILES string of the molecule is O=S(=O)(CCCC(F)(F)C(F)(F)F)CCC[P+](c1ccccc1)(c1ccccc1)c1ccccc1. The maximum absolute atomic E-state index is 13.2. The number of benzene rings is 3. The number of rotatable bonds is 11. The van der Waals surface area contributed by atoms with Crippen LogP contribution in [0.3, 0.4) is 0 Å². The fourth-order valence-corrected chi connectivity index (χ4v) is 10.1. The normalized spacial score (nSPS) is 13.1. The molecule has 0 saturated carbocycles. The third-order valence-electron chi connectivity index (χ3n) is 5.90. The summed E-state index contributed by atoms with van der Waals surface area (Å²) in [5.74, 6) is -5.87. The summed E-state index contributed by atoms with van der Waals surface area (Å²) in [6, 6.07) is 29.5. The van der Waals surface area contributed by atoms with E-state index in [0.717, 1.165) is 15.9 Å². The van der Waals surface area contributed by atoms with Gasteiger partial charge in [-0.1, -0.05) is 54.6 Å². The molecule has 0 aliphatic heterocycles. The maximum Gasteiger partial charge on any atom is 0.453 e. The van der Waals surface area contributed by atoms with Crippen LogP contribution < -0.4 is 15.9 Å². The van der Waals surface area contributed by atoms with Gasteiger partial charge in [-0.05, 0) is 49.2 Å². The lowest BCUT2D eigenvalue weighted by atomic mass is 10.2. The van der Waals surface area contributed by atoms with E-state index in [1.54, 1.807) is 0 Å². The zero-order chi connectivity index (χ0) is 25.6. The first-order valence-electron chi connectivity index (χ1n) is 11.2. The smallest absolute Gasteiger partial charge is 0.229 e. The molecular weight excluding hydrogens is 502 g/mol. The standard InChI is InChI=1S/C26H27F5O2PS/c27-25(28,26(29,30)31)18-10-20-35(32,33)21-11-19-34(22-12-4-1-5-13-22,23-14-6-2-7-15-23)24-16-8-3-9-17-24/h1-9,12-17H,10-11,18-21H2/q+1. The molecule has 0 spiro atoms. The zero-order valence-corrected chi connectivity index (χ0v) is 20.7. The summed E-state index contributed by atoms with van der Waals surface area (Å²) in [5.41, 5.74) is 0. The molecule has 3 aromatic carbocycles. The zero-order valence-electron chi connectivity index (χ0n) is 19.0. The summed E-state index contributed by atoms with van der Waals surface area (Å²) in [6.45, 7) is 0. The van der Waals surface area contributed by atoms with E-state index in [2.05, 4.69) is 0 Å². The summed E-state index contributed by atoms with van der Waals surface area (Å²) in [4.78, 5) is 0. The summed E-state index contributed by atoms with van der Waals surface area (Å²) in [7, 11) is -6.05. The first kappa shape index (κ1) is 27.3. The van der Waals surface area contributed by atoms with E-state index >= 15 is 0 Å². The fraction of sp³-hybridized carbons (Fsp3) is 0.308. The third-order valence-corrected chi connectivity index (χ3v) is 12.2. The van der Waals surface area contributed by atoms with Gasteiger partial charge in [0.1, 0.15) is 33.0 Å². The molecule has 0 saturated heterocycles. The van der Waals surface area contributed by atoms with Gasteiger partial charge in [0.05, 0.1) is 17.7 Å². The Morgan fingerprint density at radius 3 is 1.34 bits per heavy atom. The van der Waals surface area contributed by atoms with Crippen molar-refractivity contribution in [2.45, 2.75) is 31.4 Å².